The van der Waals surface area contributed by atoms with E-state index in [1.54, 1.807) is 25.1 Å². The van der Waals surface area contributed by atoms with Crippen molar-refractivity contribution in [2.24, 2.45) is 0 Å². The molecule has 2 amide bonds. The van der Waals surface area contributed by atoms with Crippen LogP contribution in [-0.4, -0.2) is 29.6 Å². The number of carbonyl (C=O) groups excluding carboxylic acids is 2. The first-order chi connectivity index (χ1) is 8.97. The summed E-state index contributed by atoms with van der Waals surface area (Å²) in [5.74, 6) is -1.60. The number of carbonyl (C=O) groups is 2. The van der Waals surface area contributed by atoms with Crippen molar-refractivity contribution < 1.29 is 14.7 Å². The molecule has 19 heavy (non-hydrogen) atoms. The molecule has 0 aromatic heterocycles. The first-order valence-electron chi connectivity index (χ1n) is 5.96. The summed E-state index contributed by atoms with van der Waals surface area (Å²) in [4.78, 5) is 23.2. The highest BCUT2D eigenvalue weighted by Crippen LogP contribution is 2.22. The van der Waals surface area contributed by atoms with Gasteiger partial charge in [0.1, 0.15) is 0 Å². The van der Waals surface area contributed by atoms with E-state index in [2.05, 4.69) is 10.6 Å². The first kappa shape index (κ1) is 15.5. The largest absolute Gasteiger partial charge is 0.394 e. The van der Waals surface area contributed by atoms with E-state index in [0.717, 1.165) is 5.56 Å². The second-order valence-electron chi connectivity index (χ2n) is 4.20. The monoisotopic (exact) mass is 284 g/mol. The summed E-state index contributed by atoms with van der Waals surface area (Å²) in [6, 6.07) is 4.68. The SMILES string of the molecule is CCC(CO)NC(=O)C(=O)Nc1ccc(C)cc1Cl. The molecule has 0 saturated heterocycles. The fourth-order valence-corrected chi connectivity index (χ4v) is 1.71. The van der Waals surface area contributed by atoms with E-state index in [-0.39, 0.29) is 6.61 Å². The molecule has 0 spiro atoms. The molecule has 1 aromatic rings. The number of anilines is 1. The standard InChI is InChI=1S/C13H17ClN2O3/c1-3-9(7-17)15-12(18)13(19)16-11-5-4-8(2)6-10(11)14/h4-6,9,17H,3,7H2,1-2H3,(H,15,18)(H,16,19). The smallest absolute Gasteiger partial charge is 0.313 e. The lowest BCUT2D eigenvalue weighted by atomic mass is 10.2. The minimum Gasteiger partial charge on any atom is -0.394 e. The van der Waals surface area contributed by atoms with Gasteiger partial charge in [-0.3, -0.25) is 9.59 Å². The topological polar surface area (TPSA) is 78.4 Å². The van der Waals surface area contributed by atoms with Crippen molar-refractivity contribution in [3.05, 3.63) is 28.8 Å². The van der Waals surface area contributed by atoms with Crippen LogP contribution in [0, 0.1) is 6.92 Å². The number of hydrogen-bond acceptors (Lipinski definition) is 3. The van der Waals surface area contributed by atoms with Crippen molar-refractivity contribution in [1.82, 2.24) is 5.32 Å². The van der Waals surface area contributed by atoms with E-state index < -0.39 is 17.9 Å². The molecule has 1 rings (SSSR count). The molecular weight excluding hydrogens is 268 g/mol. The number of amides is 2. The van der Waals surface area contributed by atoms with E-state index >= 15 is 0 Å². The van der Waals surface area contributed by atoms with E-state index in [0.29, 0.717) is 17.1 Å². The summed E-state index contributed by atoms with van der Waals surface area (Å²) >= 11 is 5.95. The van der Waals surface area contributed by atoms with Gasteiger partial charge in [-0.1, -0.05) is 24.6 Å². The number of aryl methyl sites for hydroxylation is 1. The van der Waals surface area contributed by atoms with Gasteiger partial charge in [-0.15, -0.1) is 0 Å². The van der Waals surface area contributed by atoms with E-state index in [4.69, 9.17) is 16.7 Å². The Morgan fingerprint density at radius 1 is 1.37 bits per heavy atom. The van der Waals surface area contributed by atoms with E-state index in [1.807, 2.05) is 6.92 Å². The molecule has 3 N–H and O–H groups in total. The highest BCUT2D eigenvalue weighted by molar-refractivity contribution is 6.41. The third kappa shape index (κ3) is 4.54. The van der Waals surface area contributed by atoms with Gasteiger partial charge in [0.25, 0.3) is 0 Å². The molecule has 1 unspecified atom stereocenters. The van der Waals surface area contributed by atoms with Crippen LogP contribution in [0.15, 0.2) is 18.2 Å². The normalized spacial score (nSPS) is 11.8. The number of nitrogens with one attached hydrogen (secondary N) is 2. The fourth-order valence-electron chi connectivity index (χ4n) is 1.43. The molecule has 0 aliphatic carbocycles. The minimum atomic E-state index is -0.808. The zero-order chi connectivity index (χ0) is 14.4. The lowest BCUT2D eigenvalue weighted by Gasteiger charge is -2.14. The lowest BCUT2D eigenvalue weighted by molar-refractivity contribution is -0.136. The van der Waals surface area contributed by atoms with Gasteiger partial charge < -0.3 is 15.7 Å². The second kappa shape index (κ2) is 7.11. The summed E-state index contributed by atoms with van der Waals surface area (Å²) in [5, 5.41) is 14.2. The van der Waals surface area contributed by atoms with Crippen molar-refractivity contribution in [2.75, 3.05) is 11.9 Å². The van der Waals surface area contributed by atoms with Crippen LogP contribution in [-0.2, 0) is 9.59 Å². The van der Waals surface area contributed by atoms with Gasteiger partial charge in [0.2, 0.25) is 0 Å². The van der Waals surface area contributed by atoms with Gasteiger partial charge in [-0.2, -0.15) is 0 Å². The molecule has 0 fully saturated rings. The van der Waals surface area contributed by atoms with Crippen LogP contribution < -0.4 is 10.6 Å². The Labute approximate surface area is 117 Å². The summed E-state index contributed by atoms with van der Waals surface area (Å²) in [6.45, 7) is 3.47. The van der Waals surface area contributed by atoms with Gasteiger partial charge in [-0.25, -0.2) is 0 Å². The third-order valence-electron chi connectivity index (χ3n) is 2.63. The third-order valence-corrected chi connectivity index (χ3v) is 2.94. The van der Waals surface area contributed by atoms with Crippen LogP contribution in [0.1, 0.15) is 18.9 Å². The van der Waals surface area contributed by atoms with Gasteiger partial charge in [0.05, 0.1) is 23.4 Å². The van der Waals surface area contributed by atoms with Gasteiger partial charge in [0, 0.05) is 0 Å². The van der Waals surface area contributed by atoms with Crippen LogP contribution in [0.5, 0.6) is 0 Å². The molecule has 1 aromatic carbocycles. The molecule has 0 aliphatic heterocycles. The zero-order valence-corrected chi connectivity index (χ0v) is 11.6. The average molecular weight is 285 g/mol. The predicted octanol–water partition coefficient (Wildman–Crippen LogP) is 1.47. The summed E-state index contributed by atoms with van der Waals surface area (Å²) in [5.41, 5.74) is 1.34. The first-order valence-corrected chi connectivity index (χ1v) is 6.34. The summed E-state index contributed by atoms with van der Waals surface area (Å²) in [6.07, 6.45) is 0.542. The van der Waals surface area contributed by atoms with Gasteiger partial charge in [0.15, 0.2) is 0 Å². The van der Waals surface area contributed by atoms with E-state index in [1.165, 1.54) is 0 Å². The lowest BCUT2D eigenvalue weighted by Crippen LogP contribution is -2.43. The molecule has 0 bridgehead atoms. The second-order valence-corrected chi connectivity index (χ2v) is 4.61. The highest BCUT2D eigenvalue weighted by Gasteiger charge is 2.18. The van der Waals surface area contributed by atoms with Crippen LogP contribution in [0.2, 0.25) is 5.02 Å². The molecule has 6 heteroatoms. The molecule has 1 atom stereocenters. The van der Waals surface area contributed by atoms with Gasteiger partial charge >= 0.3 is 11.8 Å². The molecule has 5 nitrogen and oxygen atoms in total. The Bertz CT molecular complexity index is 473. The summed E-state index contributed by atoms with van der Waals surface area (Å²) in [7, 11) is 0. The van der Waals surface area contributed by atoms with Crippen molar-refractivity contribution >= 4 is 29.1 Å². The Hall–Kier alpha value is -1.59. The Balaban J connectivity index is 2.66. The van der Waals surface area contributed by atoms with Crippen LogP contribution in [0.25, 0.3) is 0 Å². The van der Waals surface area contributed by atoms with Crippen LogP contribution in [0.4, 0.5) is 5.69 Å². The Kier molecular flexibility index (Phi) is 5.79. The van der Waals surface area contributed by atoms with Gasteiger partial charge in [-0.05, 0) is 31.0 Å². The molecule has 0 heterocycles. The number of aliphatic hydroxyl groups is 1. The van der Waals surface area contributed by atoms with Crippen molar-refractivity contribution in [2.45, 2.75) is 26.3 Å². The maximum atomic E-state index is 11.7. The highest BCUT2D eigenvalue weighted by atomic mass is 35.5. The Morgan fingerprint density at radius 3 is 2.58 bits per heavy atom. The number of rotatable bonds is 4. The summed E-state index contributed by atoms with van der Waals surface area (Å²) < 4.78 is 0. The van der Waals surface area contributed by atoms with Crippen molar-refractivity contribution in [1.29, 1.82) is 0 Å². The average Bonchev–Trinajstić information content (AvgIpc) is 2.38. The number of halogens is 1. The Morgan fingerprint density at radius 2 is 2.05 bits per heavy atom. The van der Waals surface area contributed by atoms with Crippen LogP contribution in [0.3, 0.4) is 0 Å². The van der Waals surface area contributed by atoms with E-state index in [9.17, 15) is 9.59 Å². The fraction of sp³-hybridized carbons (Fsp3) is 0.385. The molecular formula is C13H17ClN2O3. The number of aliphatic hydroxyl groups excluding tert-OH is 1. The van der Waals surface area contributed by atoms with Crippen molar-refractivity contribution in [3.8, 4) is 0 Å². The maximum Gasteiger partial charge on any atom is 0.313 e. The predicted molar refractivity (Wildman–Crippen MR) is 74.1 cm³/mol. The number of benzene rings is 1. The maximum absolute atomic E-state index is 11.7. The molecule has 0 saturated carbocycles. The van der Waals surface area contributed by atoms with Crippen molar-refractivity contribution in [3.63, 3.8) is 0 Å². The molecule has 0 aliphatic rings. The minimum absolute atomic E-state index is 0.208. The molecule has 104 valence electrons. The number of hydrogen-bond donors (Lipinski definition) is 3. The van der Waals surface area contributed by atoms with Crippen LogP contribution >= 0.6 is 11.6 Å². The molecule has 0 radical (unpaired) electrons. The zero-order valence-electron chi connectivity index (χ0n) is 10.9. The quantitative estimate of drug-likeness (QED) is 0.733.